The number of aliphatic hydroxyl groups is 1. The minimum Gasteiger partial charge on any atom is -0.388 e. The molecule has 0 spiro atoms. The van der Waals surface area contributed by atoms with E-state index in [-0.39, 0.29) is 11.8 Å². The van der Waals surface area contributed by atoms with Crippen molar-refractivity contribution in [2.45, 2.75) is 39.2 Å². The predicted molar refractivity (Wildman–Crippen MR) is 63.5 cm³/mol. The van der Waals surface area contributed by atoms with Gasteiger partial charge in [-0.05, 0) is 37.0 Å². The number of benzene rings is 1. The van der Waals surface area contributed by atoms with E-state index in [1.54, 1.807) is 0 Å². The van der Waals surface area contributed by atoms with Crippen molar-refractivity contribution in [2.24, 2.45) is 0 Å². The van der Waals surface area contributed by atoms with E-state index in [2.05, 4.69) is 5.32 Å². The molecule has 0 saturated carbocycles. The van der Waals surface area contributed by atoms with Crippen molar-refractivity contribution in [3.63, 3.8) is 0 Å². The summed E-state index contributed by atoms with van der Waals surface area (Å²) in [6.45, 7) is 5.80. The molecule has 1 amide bonds. The summed E-state index contributed by atoms with van der Waals surface area (Å²) in [6.07, 6.45) is 0.250. The van der Waals surface area contributed by atoms with Crippen LogP contribution in [0.3, 0.4) is 0 Å². The van der Waals surface area contributed by atoms with Crippen LogP contribution in [0, 0.1) is 6.92 Å². The predicted octanol–water partition coefficient (Wildman–Crippen LogP) is 2.49. The van der Waals surface area contributed by atoms with Gasteiger partial charge >= 0.3 is 0 Å². The summed E-state index contributed by atoms with van der Waals surface area (Å²) in [6, 6.07) is 3.89. The maximum absolute atomic E-state index is 11.6. The van der Waals surface area contributed by atoms with Gasteiger partial charge in [0.1, 0.15) is 0 Å². The fourth-order valence-electron chi connectivity index (χ4n) is 2.16. The molecule has 3 nitrogen and oxygen atoms in total. The number of fused-ring (bicyclic) bond motifs is 1. The molecular weight excluding hydrogens is 202 g/mol. The van der Waals surface area contributed by atoms with Crippen LogP contribution < -0.4 is 5.32 Å². The second-order valence-corrected chi connectivity index (χ2v) is 4.44. The third-order valence-corrected chi connectivity index (χ3v) is 3.27. The molecule has 1 aliphatic heterocycles. The van der Waals surface area contributed by atoms with Gasteiger partial charge in [0.05, 0.1) is 12.0 Å². The van der Waals surface area contributed by atoms with Gasteiger partial charge in [-0.2, -0.15) is 0 Å². The number of carbonyl (C=O) groups excluding carboxylic acids is 1. The van der Waals surface area contributed by atoms with Gasteiger partial charge in [-0.15, -0.1) is 0 Å². The van der Waals surface area contributed by atoms with E-state index in [9.17, 15) is 9.90 Å². The highest BCUT2D eigenvalue weighted by Gasteiger charge is 2.28. The molecule has 0 aromatic heterocycles. The lowest BCUT2D eigenvalue weighted by molar-refractivity contribution is -0.116. The van der Waals surface area contributed by atoms with E-state index < -0.39 is 6.10 Å². The SMILES string of the molecule is CCC(O)c1cc(C)c2c(c1)C(C)C(=O)N2. The maximum atomic E-state index is 11.6. The number of amides is 1. The van der Waals surface area contributed by atoms with Crippen molar-refractivity contribution in [2.75, 3.05) is 5.32 Å². The second kappa shape index (κ2) is 3.91. The van der Waals surface area contributed by atoms with Crippen LogP contribution in [0.1, 0.15) is 49.0 Å². The first-order chi connectivity index (χ1) is 7.54. The van der Waals surface area contributed by atoms with Gasteiger partial charge in [-0.1, -0.05) is 19.1 Å². The number of nitrogens with one attached hydrogen (secondary N) is 1. The Morgan fingerprint density at radius 2 is 2.19 bits per heavy atom. The van der Waals surface area contributed by atoms with Crippen LogP contribution in [-0.2, 0) is 4.79 Å². The normalized spacial score (nSPS) is 20.5. The first-order valence-electron chi connectivity index (χ1n) is 5.68. The molecule has 0 aliphatic carbocycles. The van der Waals surface area contributed by atoms with Crippen molar-refractivity contribution in [3.8, 4) is 0 Å². The van der Waals surface area contributed by atoms with Gasteiger partial charge in [0, 0.05) is 5.69 Å². The van der Waals surface area contributed by atoms with Crippen LogP contribution in [-0.4, -0.2) is 11.0 Å². The Morgan fingerprint density at radius 1 is 1.50 bits per heavy atom. The number of aliphatic hydroxyl groups excluding tert-OH is 1. The van der Waals surface area contributed by atoms with Crippen LogP contribution in [0.5, 0.6) is 0 Å². The molecule has 1 aromatic carbocycles. The number of aryl methyl sites for hydroxylation is 1. The minimum absolute atomic E-state index is 0.0428. The average molecular weight is 219 g/mol. The van der Waals surface area contributed by atoms with E-state index in [0.717, 1.165) is 22.4 Å². The molecule has 2 unspecified atom stereocenters. The topological polar surface area (TPSA) is 49.3 Å². The van der Waals surface area contributed by atoms with Crippen LogP contribution >= 0.6 is 0 Å². The van der Waals surface area contributed by atoms with Crippen LogP contribution in [0.4, 0.5) is 5.69 Å². The average Bonchev–Trinajstić information content (AvgIpc) is 2.56. The maximum Gasteiger partial charge on any atom is 0.231 e. The molecule has 86 valence electrons. The number of rotatable bonds is 2. The number of hydrogen-bond acceptors (Lipinski definition) is 2. The van der Waals surface area contributed by atoms with Crippen molar-refractivity contribution in [3.05, 3.63) is 28.8 Å². The quantitative estimate of drug-likeness (QED) is 0.802. The van der Waals surface area contributed by atoms with E-state index in [1.807, 2.05) is 32.9 Å². The summed E-state index contributed by atoms with van der Waals surface area (Å²) in [5, 5.41) is 12.7. The smallest absolute Gasteiger partial charge is 0.231 e. The summed E-state index contributed by atoms with van der Waals surface area (Å²) in [4.78, 5) is 11.6. The Bertz CT molecular complexity index is 440. The molecule has 1 heterocycles. The number of carbonyl (C=O) groups is 1. The zero-order chi connectivity index (χ0) is 11.9. The van der Waals surface area contributed by atoms with Crippen molar-refractivity contribution in [1.82, 2.24) is 0 Å². The third-order valence-electron chi connectivity index (χ3n) is 3.27. The van der Waals surface area contributed by atoms with Crippen molar-refractivity contribution >= 4 is 11.6 Å². The highest BCUT2D eigenvalue weighted by molar-refractivity contribution is 6.03. The molecule has 0 saturated heterocycles. The highest BCUT2D eigenvalue weighted by Crippen LogP contribution is 2.37. The lowest BCUT2D eigenvalue weighted by Gasteiger charge is -2.13. The van der Waals surface area contributed by atoms with Gasteiger partial charge in [0.2, 0.25) is 5.91 Å². The molecule has 0 fully saturated rings. The van der Waals surface area contributed by atoms with Gasteiger partial charge < -0.3 is 10.4 Å². The fraction of sp³-hybridized carbons (Fsp3) is 0.462. The molecule has 2 N–H and O–H groups in total. The summed E-state index contributed by atoms with van der Waals surface area (Å²) in [7, 11) is 0. The van der Waals surface area contributed by atoms with Crippen LogP contribution in [0.15, 0.2) is 12.1 Å². The molecule has 3 heteroatoms. The van der Waals surface area contributed by atoms with E-state index in [4.69, 9.17) is 0 Å². The second-order valence-electron chi connectivity index (χ2n) is 4.44. The zero-order valence-corrected chi connectivity index (χ0v) is 9.87. The Balaban J connectivity index is 2.50. The summed E-state index contributed by atoms with van der Waals surface area (Å²) >= 11 is 0. The lowest BCUT2D eigenvalue weighted by Crippen LogP contribution is -2.08. The largest absolute Gasteiger partial charge is 0.388 e. The Labute approximate surface area is 95.5 Å². The molecule has 2 atom stereocenters. The molecule has 0 bridgehead atoms. The highest BCUT2D eigenvalue weighted by atomic mass is 16.3. The van der Waals surface area contributed by atoms with E-state index in [0.29, 0.717) is 6.42 Å². The summed E-state index contributed by atoms with van der Waals surface area (Å²) in [5.74, 6) is -0.0704. The first-order valence-corrected chi connectivity index (χ1v) is 5.68. The lowest BCUT2D eigenvalue weighted by atomic mass is 9.95. The molecule has 1 aliphatic rings. The molecule has 0 radical (unpaired) electrons. The minimum atomic E-state index is -0.438. The number of anilines is 1. The fourth-order valence-corrected chi connectivity index (χ4v) is 2.16. The molecule has 2 rings (SSSR count). The summed E-state index contributed by atoms with van der Waals surface area (Å²) in [5.41, 5.74) is 3.86. The first kappa shape index (κ1) is 11.1. The van der Waals surface area contributed by atoms with Gasteiger partial charge in [0.15, 0.2) is 0 Å². The Kier molecular flexibility index (Phi) is 2.72. The van der Waals surface area contributed by atoms with Gasteiger partial charge in [-0.3, -0.25) is 4.79 Å². The molecule has 16 heavy (non-hydrogen) atoms. The monoisotopic (exact) mass is 219 g/mol. The number of hydrogen-bond donors (Lipinski definition) is 2. The van der Waals surface area contributed by atoms with Crippen molar-refractivity contribution in [1.29, 1.82) is 0 Å². The Hall–Kier alpha value is -1.35. The zero-order valence-electron chi connectivity index (χ0n) is 9.87. The van der Waals surface area contributed by atoms with Crippen molar-refractivity contribution < 1.29 is 9.90 Å². The van der Waals surface area contributed by atoms with E-state index >= 15 is 0 Å². The Morgan fingerprint density at radius 3 is 2.81 bits per heavy atom. The standard InChI is InChI=1S/C13H17NO2/c1-4-11(15)9-5-7(2)12-10(6-9)8(3)13(16)14-12/h5-6,8,11,15H,4H2,1-3H3,(H,14,16). The van der Waals surface area contributed by atoms with Crippen LogP contribution in [0.2, 0.25) is 0 Å². The molecule has 1 aromatic rings. The van der Waals surface area contributed by atoms with Crippen LogP contribution in [0.25, 0.3) is 0 Å². The van der Waals surface area contributed by atoms with Gasteiger partial charge in [0.25, 0.3) is 0 Å². The van der Waals surface area contributed by atoms with E-state index in [1.165, 1.54) is 0 Å². The van der Waals surface area contributed by atoms with Gasteiger partial charge in [-0.25, -0.2) is 0 Å². The molecular formula is C13H17NO2. The third kappa shape index (κ3) is 1.61. The summed E-state index contributed by atoms with van der Waals surface area (Å²) < 4.78 is 0.